The Labute approximate surface area is 122 Å². The Bertz CT molecular complexity index is 492. The minimum atomic E-state index is -0.220. The van der Waals surface area contributed by atoms with Gasteiger partial charge in [0.15, 0.2) is 0 Å². The smallest absolute Gasteiger partial charge is 0.255 e. The van der Waals surface area contributed by atoms with Crippen LogP contribution in [0.25, 0.3) is 0 Å². The molecule has 1 amide bonds. The summed E-state index contributed by atoms with van der Waals surface area (Å²) in [5.41, 5.74) is 5.78. The highest BCUT2D eigenvalue weighted by Gasteiger charge is 2.11. The fraction of sp³-hybridized carbons (Fsp3) is 0.385. The van der Waals surface area contributed by atoms with Gasteiger partial charge in [-0.2, -0.15) is 0 Å². The number of nitrogens with two attached hydrogens (primary N) is 1. The molecule has 0 aliphatic carbocycles. The number of hydrogen-bond donors (Lipinski definition) is 3. The van der Waals surface area contributed by atoms with Crippen LogP contribution in [0.1, 0.15) is 29.6 Å². The summed E-state index contributed by atoms with van der Waals surface area (Å²) in [7, 11) is 1.49. The molecule has 4 N–H and O–H groups in total. The van der Waals surface area contributed by atoms with Crippen molar-refractivity contribution in [1.82, 2.24) is 5.32 Å². The minimum Gasteiger partial charge on any atom is -0.496 e. The number of amidine groups is 1. The normalized spacial score (nSPS) is 11.2. The Kier molecular flexibility index (Phi) is 6.66. The monoisotopic (exact) mass is 299 g/mol. The molecule has 0 bridgehead atoms. The van der Waals surface area contributed by atoms with Crippen LogP contribution in [0.2, 0.25) is 5.02 Å². The summed E-state index contributed by atoms with van der Waals surface area (Å²) in [6, 6.07) is 4.85. The van der Waals surface area contributed by atoms with Gasteiger partial charge in [0.1, 0.15) is 11.6 Å². The van der Waals surface area contributed by atoms with Gasteiger partial charge in [-0.1, -0.05) is 16.8 Å². The summed E-state index contributed by atoms with van der Waals surface area (Å²) in [4.78, 5) is 12.0. The number of halogens is 1. The van der Waals surface area contributed by atoms with Crippen LogP contribution in [0.3, 0.4) is 0 Å². The molecule has 0 saturated heterocycles. The van der Waals surface area contributed by atoms with Gasteiger partial charge in [0.05, 0.1) is 12.7 Å². The number of amides is 1. The molecule has 0 spiro atoms. The Morgan fingerprint density at radius 2 is 2.25 bits per heavy atom. The molecule has 6 nitrogen and oxygen atoms in total. The van der Waals surface area contributed by atoms with E-state index in [0.717, 1.165) is 12.8 Å². The Morgan fingerprint density at radius 3 is 2.90 bits per heavy atom. The zero-order valence-electron chi connectivity index (χ0n) is 11.2. The van der Waals surface area contributed by atoms with Crippen LogP contribution in [-0.2, 0) is 0 Å². The number of ether oxygens (including phenoxy) is 1. The summed E-state index contributed by atoms with van der Waals surface area (Å²) >= 11 is 5.83. The van der Waals surface area contributed by atoms with Gasteiger partial charge in [0.25, 0.3) is 5.91 Å². The number of oxime groups is 1. The summed E-state index contributed by atoms with van der Waals surface area (Å²) in [5, 5.41) is 14.5. The lowest BCUT2D eigenvalue weighted by atomic mass is 10.1. The van der Waals surface area contributed by atoms with Gasteiger partial charge in [-0.25, -0.2) is 0 Å². The van der Waals surface area contributed by atoms with Gasteiger partial charge in [-0.3, -0.25) is 4.79 Å². The highest BCUT2D eigenvalue weighted by Crippen LogP contribution is 2.22. The summed E-state index contributed by atoms with van der Waals surface area (Å²) in [6.45, 7) is 0.503. The van der Waals surface area contributed by atoms with E-state index in [1.165, 1.54) is 7.11 Å². The Morgan fingerprint density at radius 1 is 1.50 bits per heavy atom. The van der Waals surface area contributed by atoms with Crippen LogP contribution in [0.4, 0.5) is 0 Å². The molecular weight excluding hydrogens is 282 g/mol. The van der Waals surface area contributed by atoms with Crippen molar-refractivity contribution in [3.63, 3.8) is 0 Å². The standard InChI is InChI=1S/C13H18ClN3O3/c1-20-11-8-9(14)5-6-10(11)13(18)16-7-3-2-4-12(15)17-19/h5-6,8,19H,2-4,7H2,1H3,(H2,15,17)(H,16,18). The molecule has 20 heavy (non-hydrogen) atoms. The van der Waals surface area contributed by atoms with E-state index >= 15 is 0 Å². The van der Waals surface area contributed by atoms with Gasteiger partial charge in [0.2, 0.25) is 0 Å². The Hall–Kier alpha value is -1.95. The third kappa shape index (κ3) is 4.97. The van der Waals surface area contributed by atoms with E-state index in [4.69, 9.17) is 27.3 Å². The maximum absolute atomic E-state index is 12.0. The zero-order valence-corrected chi connectivity index (χ0v) is 12.0. The number of nitrogens with one attached hydrogen (secondary N) is 1. The molecule has 0 saturated carbocycles. The number of nitrogens with zero attached hydrogens (tertiary/aromatic N) is 1. The first-order valence-corrected chi connectivity index (χ1v) is 6.54. The van der Waals surface area contributed by atoms with Crippen LogP contribution in [-0.4, -0.2) is 30.6 Å². The second-order valence-electron chi connectivity index (χ2n) is 4.15. The molecule has 0 unspecified atom stereocenters. The average Bonchev–Trinajstić information content (AvgIpc) is 2.46. The van der Waals surface area contributed by atoms with Crippen LogP contribution in [0.15, 0.2) is 23.4 Å². The molecule has 0 aromatic heterocycles. The van der Waals surface area contributed by atoms with Crippen LogP contribution >= 0.6 is 11.6 Å². The lowest BCUT2D eigenvalue weighted by molar-refractivity contribution is 0.0950. The van der Waals surface area contributed by atoms with Gasteiger partial charge >= 0.3 is 0 Å². The lowest BCUT2D eigenvalue weighted by Crippen LogP contribution is -2.25. The first-order valence-electron chi connectivity index (χ1n) is 6.16. The van der Waals surface area contributed by atoms with Gasteiger partial charge in [-0.05, 0) is 31.0 Å². The van der Waals surface area contributed by atoms with Crippen LogP contribution < -0.4 is 15.8 Å². The van der Waals surface area contributed by atoms with Gasteiger partial charge in [-0.15, -0.1) is 0 Å². The third-order valence-electron chi connectivity index (χ3n) is 2.68. The molecule has 0 radical (unpaired) electrons. The quantitative estimate of drug-likeness (QED) is 0.236. The second-order valence-corrected chi connectivity index (χ2v) is 4.59. The van der Waals surface area contributed by atoms with E-state index in [2.05, 4.69) is 10.5 Å². The van der Waals surface area contributed by atoms with Crippen LogP contribution in [0, 0.1) is 0 Å². The predicted octanol–water partition coefficient (Wildman–Crippen LogP) is 2.00. The van der Waals surface area contributed by atoms with E-state index in [0.29, 0.717) is 29.3 Å². The van der Waals surface area contributed by atoms with E-state index in [1.54, 1.807) is 18.2 Å². The van der Waals surface area contributed by atoms with Crippen molar-refractivity contribution in [2.24, 2.45) is 10.9 Å². The molecule has 1 aromatic carbocycles. The highest BCUT2D eigenvalue weighted by atomic mass is 35.5. The van der Waals surface area contributed by atoms with Crippen molar-refractivity contribution < 1.29 is 14.7 Å². The number of unbranched alkanes of at least 4 members (excludes halogenated alkanes) is 1. The van der Waals surface area contributed by atoms with Crippen molar-refractivity contribution in [2.75, 3.05) is 13.7 Å². The van der Waals surface area contributed by atoms with Crippen molar-refractivity contribution in [2.45, 2.75) is 19.3 Å². The minimum absolute atomic E-state index is 0.190. The fourth-order valence-electron chi connectivity index (χ4n) is 1.63. The van der Waals surface area contributed by atoms with Crippen molar-refractivity contribution in [3.8, 4) is 5.75 Å². The molecule has 0 heterocycles. The first kappa shape index (κ1) is 16.1. The highest BCUT2D eigenvalue weighted by molar-refractivity contribution is 6.30. The molecule has 0 aliphatic heterocycles. The zero-order chi connectivity index (χ0) is 15.0. The van der Waals surface area contributed by atoms with E-state index < -0.39 is 0 Å². The van der Waals surface area contributed by atoms with Crippen molar-refractivity contribution >= 4 is 23.3 Å². The molecule has 110 valence electrons. The van der Waals surface area contributed by atoms with E-state index in [-0.39, 0.29) is 11.7 Å². The average molecular weight is 300 g/mol. The molecule has 1 aromatic rings. The van der Waals surface area contributed by atoms with E-state index in [9.17, 15) is 4.79 Å². The van der Waals surface area contributed by atoms with Crippen LogP contribution in [0.5, 0.6) is 5.75 Å². The third-order valence-corrected chi connectivity index (χ3v) is 2.92. The Balaban J connectivity index is 2.43. The predicted molar refractivity (Wildman–Crippen MR) is 77.6 cm³/mol. The van der Waals surface area contributed by atoms with Crippen molar-refractivity contribution in [1.29, 1.82) is 0 Å². The first-order chi connectivity index (χ1) is 9.58. The molecule has 1 rings (SSSR count). The second kappa shape index (κ2) is 8.27. The summed E-state index contributed by atoms with van der Waals surface area (Å²) in [5.74, 6) is 0.407. The topological polar surface area (TPSA) is 96.9 Å². The largest absolute Gasteiger partial charge is 0.496 e. The number of rotatable bonds is 7. The lowest BCUT2D eigenvalue weighted by Gasteiger charge is -2.09. The number of carbonyl (C=O) groups excluding carboxylic acids is 1. The van der Waals surface area contributed by atoms with Crippen molar-refractivity contribution in [3.05, 3.63) is 28.8 Å². The molecule has 0 aliphatic rings. The van der Waals surface area contributed by atoms with Gasteiger partial charge in [0, 0.05) is 18.0 Å². The number of methoxy groups -OCH3 is 1. The SMILES string of the molecule is COc1cc(Cl)ccc1C(=O)NCCCCC(N)=NO. The van der Waals surface area contributed by atoms with Gasteiger partial charge < -0.3 is 21.0 Å². The molecule has 0 fully saturated rings. The molecule has 7 heteroatoms. The number of hydrogen-bond acceptors (Lipinski definition) is 4. The summed E-state index contributed by atoms with van der Waals surface area (Å²) in [6.07, 6.45) is 1.96. The number of carbonyl (C=O) groups is 1. The molecule has 0 atom stereocenters. The molecular formula is C13H18ClN3O3. The maximum atomic E-state index is 12.0. The maximum Gasteiger partial charge on any atom is 0.255 e. The van der Waals surface area contributed by atoms with E-state index in [1.807, 2.05) is 0 Å². The number of benzene rings is 1. The fourth-order valence-corrected chi connectivity index (χ4v) is 1.79. The summed E-state index contributed by atoms with van der Waals surface area (Å²) < 4.78 is 5.12.